The molecule has 20 heavy (non-hydrogen) atoms. The van der Waals surface area contributed by atoms with Crippen molar-refractivity contribution in [1.82, 2.24) is 19.6 Å². The van der Waals surface area contributed by atoms with E-state index in [0.717, 1.165) is 51.4 Å². The predicted molar refractivity (Wildman–Crippen MR) is 76.6 cm³/mol. The van der Waals surface area contributed by atoms with E-state index < -0.39 is 5.97 Å². The molecule has 2 heterocycles. The summed E-state index contributed by atoms with van der Waals surface area (Å²) in [4.78, 5) is 15.2. The minimum absolute atomic E-state index is 0.153. The molecule has 6 nitrogen and oxygen atoms in total. The van der Waals surface area contributed by atoms with Crippen LogP contribution in [0.2, 0.25) is 0 Å². The quantitative estimate of drug-likeness (QED) is 0.864. The summed E-state index contributed by atoms with van der Waals surface area (Å²) in [5.41, 5.74) is 2.31. The van der Waals surface area contributed by atoms with Crippen molar-refractivity contribution in [2.45, 2.75) is 33.4 Å². The first-order valence-corrected chi connectivity index (χ1v) is 7.28. The van der Waals surface area contributed by atoms with Crippen LogP contribution in [0.4, 0.5) is 0 Å². The van der Waals surface area contributed by atoms with Gasteiger partial charge in [-0.3, -0.25) is 19.3 Å². The van der Waals surface area contributed by atoms with E-state index in [1.165, 1.54) is 5.69 Å². The lowest BCUT2D eigenvalue weighted by molar-refractivity contribution is -0.138. The number of rotatable bonds is 5. The summed E-state index contributed by atoms with van der Waals surface area (Å²) in [6.07, 6.45) is 1.02. The molecule has 1 N–H and O–H groups in total. The molecule has 0 aromatic carbocycles. The highest BCUT2D eigenvalue weighted by atomic mass is 16.4. The third-order valence-corrected chi connectivity index (χ3v) is 3.71. The van der Waals surface area contributed by atoms with Gasteiger partial charge in [-0.1, -0.05) is 0 Å². The Morgan fingerprint density at radius 1 is 1.30 bits per heavy atom. The largest absolute Gasteiger partial charge is 0.480 e. The molecule has 1 aliphatic rings. The maximum Gasteiger partial charge on any atom is 0.317 e. The van der Waals surface area contributed by atoms with Crippen LogP contribution in [0.15, 0.2) is 6.07 Å². The molecule has 1 aliphatic heterocycles. The smallest absolute Gasteiger partial charge is 0.317 e. The van der Waals surface area contributed by atoms with Gasteiger partial charge in [0.25, 0.3) is 0 Å². The van der Waals surface area contributed by atoms with Crippen molar-refractivity contribution in [2.75, 3.05) is 32.7 Å². The van der Waals surface area contributed by atoms with Crippen molar-refractivity contribution in [3.8, 4) is 0 Å². The summed E-state index contributed by atoms with van der Waals surface area (Å²) in [5.74, 6) is -0.738. The van der Waals surface area contributed by atoms with Crippen molar-refractivity contribution in [2.24, 2.45) is 0 Å². The molecule has 0 unspecified atom stereocenters. The van der Waals surface area contributed by atoms with Crippen LogP contribution in [0, 0.1) is 6.92 Å². The number of hydrogen-bond acceptors (Lipinski definition) is 4. The van der Waals surface area contributed by atoms with Crippen molar-refractivity contribution in [3.05, 3.63) is 17.5 Å². The first kappa shape index (κ1) is 15.0. The predicted octanol–water partition coefficient (Wildman–Crippen LogP) is 0.804. The molecule has 2 rings (SSSR count). The zero-order chi connectivity index (χ0) is 14.5. The van der Waals surface area contributed by atoms with Crippen LogP contribution in [0.5, 0.6) is 0 Å². The minimum atomic E-state index is -0.738. The molecule has 0 saturated carbocycles. The maximum absolute atomic E-state index is 10.8. The zero-order valence-corrected chi connectivity index (χ0v) is 12.4. The summed E-state index contributed by atoms with van der Waals surface area (Å²) in [5, 5.41) is 13.3. The Balaban J connectivity index is 1.92. The highest BCUT2D eigenvalue weighted by molar-refractivity contribution is 5.69. The molecular formula is C14H24N4O2. The Bertz CT molecular complexity index is 458. The van der Waals surface area contributed by atoms with Crippen LogP contribution in [-0.2, 0) is 17.9 Å². The molecule has 1 aromatic rings. The maximum atomic E-state index is 10.8. The van der Waals surface area contributed by atoms with E-state index in [-0.39, 0.29) is 6.54 Å². The summed E-state index contributed by atoms with van der Waals surface area (Å²) in [6, 6.07) is 2.14. The fourth-order valence-corrected chi connectivity index (χ4v) is 2.76. The Kier molecular flexibility index (Phi) is 5.14. The number of carboxylic acids is 1. The molecule has 112 valence electrons. The molecule has 1 saturated heterocycles. The third kappa shape index (κ3) is 4.05. The van der Waals surface area contributed by atoms with Gasteiger partial charge < -0.3 is 5.11 Å². The highest BCUT2D eigenvalue weighted by Crippen LogP contribution is 2.10. The average Bonchev–Trinajstić information content (AvgIpc) is 2.59. The highest BCUT2D eigenvalue weighted by Gasteiger charge is 2.18. The number of aromatic nitrogens is 2. The van der Waals surface area contributed by atoms with E-state index in [1.807, 2.05) is 11.8 Å². The summed E-state index contributed by atoms with van der Waals surface area (Å²) in [6.45, 7) is 9.70. The number of carbonyl (C=O) groups is 1. The Morgan fingerprint density at radius 3 is 2.70 bits per heavy atom. The summed E-state index contributed by atoms with van der Waals surface area (Å²) < 4.78 is 2.05. The van der Waals surface area contributed by atoms with Gasteiger partial charge >= 0.3 is 5.97 Å². The number of hydrogen-bond donors (Lipinski definition) is 1. The number of nitrogens with zero attached hydrogens (tertiary/aromatic N) is 4. The van der Waals surface area contributed by atoms with E-state index in [1.54, 1.807) is 0 Å². The van der Waals surface area contributed by atoms with Crippen LogP contribution in [0.3, 0.4) is 0 Å². The monoisotopic (exact) mass is 280 g/mol. The second-order valence-electron chi connectivity index (χ2n) is 5.39. The van der Waals surface area contributed by atoms with Gasteiger partial charge in [-0.05, 0) is 32.9 Å². The van der Waals surface area contributed by atoms with Crippen LogP contribution >= 0.6 is 0 Å². The SMILES string of the molecule is CCn1nc(C)cc1CN1CCCN(CC(=O)O)CC1. The van der Waals surface area contributed by atoms with Gasteiger partial charge in [0.15, 0.2) is 0 Å². The molecule has 0 amide bonds. The van der Waals surface area contributed by atoms with Gasteiger partial charge in [0.2, 0.25) is 0 Å². The molecule has 0 spiro atoms. The standard InChI is InChI=1S/C14H24N4O2/c1-3-18-13(9-12(2)15-18)10-16-5-4-6-17(8-7-16)11-14(19)20/h9H,3-8,10-11H2,1-2H3,(H,19,20). The fourth-order valence-electron chi connectivity index (χ4n) is 2.76. The van der Waals surface area contributed by atoms with Gasteiger partial charge in [0.05, 0.1) is 17.9 Å². The molecule has 0 atom stereocenters. The van der Waals surface area contributed by atoms with Gasteiger partial charge in [0, 0.05) is 32.7 Å². The lowest BCUT2D eigenvalue weighted by Gasteiger charge is -2.21. The Hall–Kier alpha value is -1.40. The van der Waals surface area contributed by atoms with E-state index in [0.29, 0.717) is 0 Å². The Labute approximate surface area is 120 Å². The van der Waals surface area contributed by atoms with Crippen molar-refractivity contribution < 1.29 is 9.90 Å². The molecule has 6 heteroatoms. The van der Waals surface area contributed by atoms with E-state index in [2.05, 4.69) is 27.7 Å². The molecule has 0 aliphatic carbocycles. The van der Waals surface area contributed by atoms with Crippen molar-refractivity contribution >= 4 is 5.97 Å². The first-order valence-electron chi connectivity index (χ1n) is 7.28. The van der Waals surface area contributed by atoms with Gasteiger partial charge in [-0.2, -0.15) is 5.10 Å². The van der Waals surface area contributed by atoms with Crippen molar-refractivity contribution in [3.63, 3.8) is 0 Å². The summed E-state index contributed by atoms with van der Waals surface area (Å²) >= 11 is 0. The molecule has 0 bridgehead atoms. The van der Waals surface area contributed by atoms with Crippen LogP contribution in [0.1, 0.15) is 24.7 Å². The van der Waals surface area contributed by atoms with Crippen LogP contribution in [0.25, 0.3) is 0 Å². The lowest BCUT2D eigenvalue weighted by atomic mass is 10.3. The molecule has 0 radical (unpaired) electrons. The van der Waals surface area contributed by atoms with Gasteiger partial charge in [-0.25, -0.2) is 0 Å². The van der Waals surface area contributed by atoms with Gasteiger partial charge in [-0.15, -0.1) is 0 Å². The molecule has 1 fully saturated rings. The number of carboxylic acid groups (broad SMARTS) is 1. The molecule has 1 aromatic heterocycles. The van der Waals surface area contributed by atoms with E-state index in [9.17, 15) is 4.79 Å². The topological polar surface area (TPSA) is 61.6 Å². The van der Waals surface area contributed by atoms with Gasteiger partial charge in [0.1, 0.15) is 0 Å². The average molecular weight is 280 g/mol. The zero-order valence-electron chi connectivity index (χ0n) is 12.4. The van der Waals surface area contributed by atoms with Crippen molar-refractivity contribution in [1.29, 1.82) is 0 Å². The molecular weight excluding hydrogens is 256 g/mol. The fraction of sp³-hybridized carbons (Fsp3) is 0.714. The van der Waals surface area contributed by atoms with Crippen LogP contribution < -0.4 is 0 Å². The second-order valence-corrected chi connectivity index (χ2v) is 5.39. The van der Waals surface area contributed by atoms with E-state index >= 15 is 0 Å². The van der Waals surface area contributed by atoms with Crippen LogP contribution in [-0.4, -0.2) is 63.4 Å². The normalized spacial score (nSPS) is 18.1. The Morgan fingerprint density at radius 2 is 2.00 bits per heavy atom. The second kappa shape index (κ2) is 6.85. The first-order chi connectivity index (χ1) is 9.58. The third-order valence-electron chi connectivity index (χ3n) is 3.71. The minimum Gasteiger partial charge on any atom is -0.480 e. The summed E-state index contributed by atoms with van der Waals surface area (Å²) in [7, 11) is 0. The number of aliphatic carboxylic acids is 1. The van der Waals surface area contributed by atoms with E-state index in [4.69, 9.17) is 5.11 Å². The number of aryl methyl sites for hydroxylation is 2. The lowest BCUT2D eigenvalue weighted by Crippen LogP contribution is -2.34.